The first kappa shape index (κ1) is 9.66. The van der Waals surface area contributed by atoms with E-state index in [1.807, 2.05) is 12.4 Å². The molecule has 1 unspecified atom stereocenters. The fourth-order valence-corrected chi connectivity index (χ4v) is 2.43. The van der Waals surface area contributed by atoms with Crippen LogP contribution in [0.2, 0.25) is 0 Å². The van der Waals surface area contributed by atoms with Gasteiger partial charge in [-0.2, -0.15) is 0 Å². The summed E-state index contributed by atoms with van der Waals surface area (Å²) in [6.07, 6.45) is 9.04. The molecule has 1 aromatic heterocycles. The van der Waals surface area contributed by atoms with Crippen molar-refractivity contribution >= 4 is 0 Å². The van der Waals surface area contributed by atoms with E-state index in [1.54, 1.807) is 0 Å². The Hall–Kier alpha value is -0.890. The minimum absolute atomic E-state index is 0.223. The van der Waals surface area contributed by atoms with E-state index in [0.717, 1.165) is 0 Å². The Bertz CT molecular complexity index is 303. The number of aromatic nitrogens is 1. The molecule has 1 aliphatic rings. The van der Waals surface area contributed by atoms with Crippen LogP contribution in [0.1, 0.15) is 42.9 Å². The molecule has 1 saturated carbocycles. The van der Waals surface area contributed by atoms with E-state index in [1.165, 1.54) is 36.8 Å². The summed E-state index contributed by atoms with van der Waals surface area (Å²) in [6, 6.07) is 2.29. The van der Waals surface area contributed by atoms with E-state index >= 15 is 0 Å². The van der Waals surface area contributed by atoms with Crippen LogP contribution < -0.4 is 5.73 Å². The Kier molecular flexibility index (Phi) is 2.82. The summed E-state index contributed by atoms with van der Waals surface area (Å²) in [5.74, 6) is 0.691. The fourth-order valence-electron chi connectivity index (χ4n) is 2.43. The van der Waals surface area contributed by atoms with Crippen LogP contribution >= 0.6 is 0 Å². The van der Waals surface area contributed by atoms with Gasteiger partial charge < -0.3 is 5.73 Å². The van der Waals surface area contributed by atoms with Crippen LogP contribution in [-0.4, -0.2) is 4.98 Å². The van der Waals surface area contributed by atoms with Gasteiger partial charge in [-0.25, -0.2) is 0 Å². The monoisotopic (exact) mass is 190 g/mol. The van der Waals surface area contributed by atoms with Crippen molar-refractivity contribution in [3.63, 3.8) is 0 Å². The molecular weight excluding hydrogens is 172 g/mol. The van der Waals surface area contributed by atoms with Crippen molar-refractivity contribution in [3.8, 4) is 0 Å². The highest BCUT2D eigenvalue weighted by atomic mass is 14.7. The third kappa shape index (κ3) is 1.80. The van der Waals surface area contributed by atoms with Gasteiger partial charge in [-0.05, 0) is 42.9 Å². The molecular formula is C12H18N2. The summed E-state index contributed by atoms with van der Waals surface area (Å²) in [5, 5.41) is 0. The molecule has 0 radical (unpaired) electrons. The van der Waals surface area contributed by atoms with Gasteiger partial charge in [0.2, 0.25) is 0 Å². The molecule has 2 nitrogen and oxygen atoms in total. The molecule has 2 rings (SSSR count). The van der Waals surface area contributed by atoms with Gasteiger partial charge >= 0.3 is 0 Å². The number of pyridine rings is 1. The predicted molar refractivity (Wildman–Crippen MR) is 57.9 cm³/mol. The van der Waals surface area contributed by atoms with Crippen molar-refractivity contribution in [3.05, 3.63) is 29.6 Å². The average Bonchev–Trinajstić information content (AvgIpc) is 2.70. The second kappa shape index (κ2) is 4.09. The molecule has 1 heterocycles. The molecule has 1 atom stereocenters. The summed E-state index contributed by atoms with van der Waals surface area (Å²) < 4.78 is 0. The van der Waals surface area contributed by atoms with Gasteiger partial charge in [-0.1, -0.05) is 12.8 Å². The molecule has 1 aromatic rings. The lowest BCUT2D eigenvalue weighted by molar-refractivity contribution is 0.443. The maximum Gasteiger partial charge on any atom is 0.0327 e. The summed E-state index contributed by atoms with van der Waals surface area (Å²) in [6.45, 7) is 2.09. The first-order valence-corrected chi connectivity index (χ1v) is 5.45. The van der Waals surface area contributed by atoms with Crippen molar-refractivity contribution in [1.29, 1.82) is 0 Å². The summed E-state index contributed by atoms with van der Waals surface area (Å²) in [7, 11) is 0. The minimum atomic E-state index is 0.223. The highest BCUT2D eigenvalue weighted by Crippen LogP contribution is 2.34. The van der Waals surface area contributed by atoms with Crippen LogP contribution in [-0.2, 0) is 0 Å². The van der Waals surface area contributed by atoms with E-state index in [2.05, 4.69) is 18.0 Å². The van der Waals surface area contributed by atoms with Gasteiger partial charge in [0, 0.05) is 18.4 Å². The second-order valence-electron chi connectivity index (χ2n) is 4.30. The Labute approximate surface area is 85.5 Å². The minimum Gasteiger partial charge on any atom is -0.324 e. The lowest BCUT2D eigenvalue weighted by Gasteiger charge is -2.20. The maximum atomic E-state index is 6.27. The average molecular weight is 190 g/mol. The molecule has 0 spiro atoms. The van der Waals surface area contributed by atoms with Crippen molar-refractivity contribution in [2.75, 3.05) is 0 Å². The molecule has 0 aromatic carbocycles. The smallest absolute Gasteiger partial charge is 0.0327 e. The molecule has 2 N–H and O–H groups in total. The molecule has 0 saturated heterocycles. The lowest BCUT2D eigenvalue weighted by Crippen LogP contribution is -2.20. The zero-order valence-corrected chi connectivity index (χ0v) is 8.74. The third-order valence-corrected chi connectivity index (χ3v) is 3.33. The number of rotatable bonds is 2. The van der Waals surface area contributed by atoms with Crippen LogP contribution in [0.25, 0.3) is 0 Å². The van der Waals surface area contributed by atoms with Crippen molar-refractivity contribution in [2.45, 2.75) is 38.6 Å². The van der Waals surface area contributed by atoms with Gasteiger partial charge in [-0.3, -0.25) is 4.98 Å². The Balaban J connectivity index is 2.17. The van der Waals surface area contributed by atoms with Crippen LogP contribution in [0.4, 0.5) is 0 Å². The maximum absolute atomic E-state index is 6.27. The number of nitrogens with two attached hydrogens (primary N) is 1. The highest BCUT2D eigenvalue weighted by Gasteiger charge is 2.23. The first-order valence-electron chi connectivity index (χ1n) is 5.45. The fraction of sp³-hybridized carbons (Fsp3) is 0.583. The third-order valence-electron chi connectivity index (χ3n) is 3.33. The van der Waals surface area contributed by atoms with Gasteiger partial charge in [0.15, 0.2) is 0 Å². The summed E-state index contributed by atoms with van der Waals surface area (Å²) in [5.41, 5.74) is 8.79. The highest BCUT2D eigenvalue weighted by molar-refractivity contribution is 5.25. The number of hydrogen-bond donors (Lipinski definition) is 1. The van der Waals surface area contributed by atoms with Crippen LogP contribution in [0.5, 0.6) is 0 Å². The normalized spacial score (nSPS) is 19.9. The van der Waals surface area contributed by atoms with E-state index in [-0.39, 0.29) is 6.04 Å². The van der Waals surface area contributed by atoms with Gasteiger partial charge in [0.05, 0.1) is 0 Å². The van der Waals surface area contributed by atoms with E-state index in [4.69, 9.17) is 5.73 Å². The number of nitrogens with zero attached hydrogens (tertiary/aromatic N) is 1. The number of aryl methyl sites for hydroxylation is 1. The first-order chi connectivity index (χ1) is 6.79. The lowest BCUT2D eigenvalue weighted by atomic mass is 9.91. The molecule has 0 bridgehead atoms. The van der Waals surface area contributed by atoms with E-state index in [0.29, 0.717) is 5.92 Å². The van der Waals surface area contributed by atoms with Crippen LogP contribution in [0.15, 0.2) is 18.5 Å². The molecule has 2 heteroatoms. The summed E-state index contributed by atoms with van der Waals surface area (Å²) >= 11 is 0. The van der Waals surface area contributed by atoms with Crippen LogP contribution in [0, 0.1) is 12.8 Å². The standard InChI is InChI=1S/C12H18N2/c1-9-8-14-7-6-11(9)12(13)10-4-2-3-5-10/h6-8,10,12H,2-5,13H2,1H3. The predicted octanol–water partition coefficient (Wildman–Crippen LogP) is 2.58. The largest absolute Gasteiger partial charge is 0.324 e. The van der Waals surface area contributed by atoms with Gasteiger partial charge in [0.25, 0.3) is 0 Å². The van der Waals surface area contributed by atoms with Crippen molar-refractivity contribution in [2.24, 2.45) is 11.7 Å². The van der Waals surface area contributed by atoms with E-state index < -0.39 is 0 Å². The van der Waals surface area contributed by atoms with Gasteiger partial charge in [-0.15, -0.1) is 0 Å². The molecule has 1 fully saturated rings. The summed E-state index contributed by atoms with van der Waals surface area (Å²) in [4.78, 5) is 4.10. The van der Waals surface area contributed by atoms with Crippen molar-refractivity contribution < 1.29 is 0 Å². The molecule has 0 amide bonds. The molecule has 14 heavy (non-hydrogen) atoms. The van der Waals surface area contributed by atoms with Crippen molar-refractivity contribution in [1.82, 2.24) is 4.98 Å². The Morgan fingerprint density at radius 1 is 1.43 bits per heavy atom. The zero-order valence-electron chi connectivity index (χ0n) is 8.74. The molecule has 0 aliphatic heterocycles. The second-order valence-corrected chi connectivity index (χ2v) is 4.30. The topological polar surface area (TPSA) is 38.9 Å². The Morgan fingerprint density at radius 2 is 2.14 bits per heavy atom. The van der Waals surface area contributed by atoms with E-state index in [9.17, 15) is 0 Å². The molecule has 1 aliphatic carbocycles. The van der Waals surface area contributed by atoms with Gasteiger partial charge in [0.1, 0.15) is 0 Å². The number of hydrogen-bond acceptors (Lipinski definition) is 2. The molecule has 76 valence electrons. The SMILES string of the molecule is Cc1cnccc1C(N)C1CCCC1. The zero-order chi connectivity index (χ0) is 9.97. The Morgan fingerprint density at radius 3 is 2.79 bits per heavy atom. The quantitative estimate of drug-likeness (QED) is 0.778. The van der Waals surface area contributed by atoms with Crippen LogP contribution in [0.3, 0.4) is 0 Å².